The van der Waals surface area contributed by atoms with E-state index in [0.717, 1.165) is 39.3 Å². The van der Waals surface area contributed by atoms with Crippen molar-refractivity contribution in [1.82, 2.24) is 39.3 Å². The normalized spacial score (nSPS) is 16.4. The van der Waals surface area contributed by atoms with Crippen molar-refractivity contribution in [3.05, 3.63) is 156 Å². The van der Waals surface area contributed by atoms with Crippen LogP contribution in [0, 0.1) is 13.8 Å². The molecule has 0 spiro atoms. The molecule has 8 heterocycles. The monoisotopic (exact) mass is 1200 g/mol. The lowest BCUT2D eigenvalue weighted by Gasteiger charge is -2.29. The molecule has 23 heteroatoms. The minimum Gasteiger partial charge on any atom is -0.480 e. The number of carboxylic acid groups (broad SMARTS) is 1. The van der Waals surface area contributed by atoms with Gasteiger partial charge in [-0.25, -0.2) is 18.7 Å². The summed E-state index contributed by atoms with van der Waals surface area (Å²) < 4.78 is 30.7. The number of carbonyl (C=O) groups excluding carboxylic acids is 5. The van der Waals surface area contributed by atoms with Gasteiger partial charge in [-0.3, -0.25) is 38.7 Å². The Labute approximate surface area is 505 Å². The van der Waals surface area contributed by atoms with Gasteiger partial charge < -0.3 is 47.4 Å². The average molecular weight is 1210 g/mol. The van der Waals surface area contributed by atoms with Crippen molar-refractivity contribution in [1.29, 1.82) is 0 Å². The fraction of sp³-hybridized carbons (Fsp3) is 0.323. The van der Waals surface area contributed by atoms with E-state index in [9.17, 15) is 37.5 Å². The van der Waals surface area contributed by atoms with Crippen LogP contribution in [-0.2, 0) is 45.1 Å². The molecule has 2 aromatic carbocycles. The Bertz CT molecular complexity index is 3620. The largest absolute Gasteiger partial charge is 0.480 e. The van der Waals surface area contributed by atoms with Crippen LogP contribution in [0.3, 0.4) is 0 Å². The molecule has 0 aliphatic carbocycles. The fourth-order valence-electron chi connectivity index (χ4n) is 10.1. The van der Waals surface area contributed by atoms with Crippen LogP contribution in [0.4, 0.5) is 20.4 Å². The number of fused-ring (bicyclic) bond motifs is 2. The van der Waals surface area contributed by atoms with E-state index in [2.05, 4.69) is 25.3 Å². The minimum atomic E-state index is -1.08. The van der Waals surface area contributed by atoms with E-state index in [0.29, 0.717) is 71.4 Å². The lowest BCUT2D eigenvalue weighted by Crippen LogP contribution is -2.46. The standard InChI is InChI=1S/C30H31FN6O3.C16H14N4O3.C14H19FN2O.2CH4.ClH.H2S/c1-18-3-2-4-22(35-18)14-27(38)26-9-7-21(31)11-12-37(26)29(39)17-36-16-24(30(33)40)23-13-19(5-8-25(23)36)20-6-10-28(32)34-15-20;17-14-4-2-10(6-19-14)9-1-3-13-11(5-9)12(16(18)23)7-20(13)8-15(21)22;1-10-3-2-4-12(17-10)9-14(18)13-6-5-11(15)7-8-16-13;;;;/h2-6,8,10,13,15-16,21,26H,7,9,11-12,14,17H2,1H3,(H2,32,34)(H2,33,40);1-7H,8H2,(H2,17,19)(H2,18,23)(H,21,22);2-4,11,13,16H,5-9H2,1H3;2*1H4;1H;1H2/t21?,26-;;11?,13-;;;;/m0.0..../s1. The van der Waals surface area contributed by atoms with Crippen LogP contribution < -0.4 is 28.3 Å². The highest BCUT2D eigenvalue weighted by Crippen LogP contribution is 2.31. The Kier molecular flexibility index (Phi) is 25.4. The molecule has 3 amide bonds. The van der Waals surface area contributed by atoms with Gasteiger partial charge in [0.25, 0.3) is 11.8 Å². The summed E-state index contributed by atoms with van der Waals surface area (Å²) in [6.45, 7) is 4.10. The van der Waals surface area contributed by atoms with Crippen LogP contribution in [0.15, 0.2) is 122 Å². The third-order valence-electron chi connectivity index (χ3n) is 14.3. The highest BCUT2D eigenvalue weighted by Gasteiger charge is 2.34. The zero-order valence-electron chi connectivity index (χ0n) is 45.8. The Hall–Kier alpha value is -8.60. The number of anilines is 2. The van der Waals surface area contributed by atoms with Gasteiger partial charge in [0.05, 0.1) is 36.1 Å². The van der Waals surface area contributed by atoms with Gasteiger partial charge in [-0.2, -0.15) is 13.5 Å². The Balaban J connectivity index is 0.000000293. The van der Waals surface area contributed by atoms with E-state index >= 15 is 0 Å². The number of aromatic nitrogens is 6. The van der Waals surface area contributed by atoms with Crippen LogP contribution in [0.1, 0.15) is 96.9 Å². The van der Waals surface area contributed by atoms with Gasteiger partial charge in [0.2, 0.25) is 5.91 Å². The molecule has 85 heavy (non-hydrogen) atoms. The number of pyridine rings is 4. The minimum absolute atomic E-state index is 0. The molecule has 6 aromatic heterocycles. The van der Waals surface area contributed by atoms with Gasteiger partial charge in [0, 0.05) is 87.0 Å². The van der Waals surface area contributed by atoms with Crippen LogP contribution in [0.25, 0.3) is 44.1 Å². The van der Waals surface area contributed by atoms with Crippen LogP contribution in [0.5, 0.6) is 0 Å². The molecule has 0 saturated carbocycles. The van der Waals surface area contributed by atoms with Crippen molar-refractivity contribution in [2.75, 3.05) is 24.6 Å². The summed E-state index contributed by atoms with van der Waals surface area (Å²) in [5.74, 6) is -1.80. The number of nitrogen functional groups attached to an aromatic ring is 2. The number of benzene rings is 2. The third-order valence-corrected chi connectivity index (χ3v) is 14.3. The predicted octanol–water partition coefficient (Wildman–Crippen LogP) is 8.88. The molecule has 10 rings (SSSR count). The molecule has 19 nitrogen and oxygen atoms in total. The number of aryl methyl sites for hydroxylation is 2. The smallest absolute Gasteiger partial charge is 0.323 e. The molecular weight excluding hydrogens is 1130 g/mol. The molecule has 10 N–H and O–H groups in total. The number of ketones is 2. The molecular formula is C62H75ClF2N12O7S. The van der Waals surface area contributed by atoms with Crippen molar-refractivity contribution in [2.24, 2.45) is 11.5 Å². The molecule has 2 aliphatic rings. The third kappa shape index (κ3) is 18.0. The molecule has 2 aliphatic heterocycles. The second-order valence-electron chi connectivity index (χ2n) is 20.2. The van der Waals surface area contributed by atoms with E-state index in [-0.39, 0.29) is 121 Å². The van der Waals surface area contributed by atoms with Crippen molar-refractivity contribution < 1.29 is 42.7 Å². The van der Waals surface area contributed by atoms with Gasteiger partial charge in [-0.1, -0.05) is 39.1 Å². The Morgan fingerprint density at radius 3 is 1.55 bits per heavy atom. The molecule has 8 aromatic rings. The predicted molar refractivity (Wildman–Crippen MR) is 335 cm³/mol. The Morgan fingerprint density at radius 2 is 1.08 bits per heavy atom. The number of alkyl halides is 2. The zero-order valence-corrected chi connectivity index (χ0v) is 47.7. The maximum Gasteiger partial charge on any atom is 0.323 e. The first kappa shape index (κ1) is 68.9. The first-order chi connectivity index (χ1) is 38.8. The quantitative estimate of drug-likeness (QED) is 0.0593. The number of halogens is 3. The molecule has 452 valence electrons. The summed E-state index contributed by atoms with van der Waals surface area (Å²) in [7, 11) is 0. The summed E-state index contributed by atoms with van der Waals surface area (Å²) >= 11 is 0. The van der Waals surface area contributed by atoms with Crippen molar-refractivity contribution >= 4 is 94.6 Å². The number of rotatable bonds is 14. The van der Waals surface area contributed by atoms with E-state index in [1.54, 1.807) is 53.5 Å². The van der Waals surface area contributed by atoms with E-state index in [1.165, 1.54) is 15.7 Å². The van der Waals surface area contributed by atoms with Gasteiger partial charge in [-0.15, -0.1) is 12.4 Å². The summed E-state index contributed by atoms with van der Waals surface area (Å²) in [6, 6.07) is 28.1. The highest BCUT2D eigenvalue weighted by molar-refractivity contribution is 7.59. The van der Waals surface area contributed by atoms with Gasteiger partial charge in [0.15, 0.2) is 11.6 Å². The lowest BCUT2D eigenvalue weighted by atomic mass is 10.0. The second-order valence-corrected chi connectivity index (χ2v) is 20.2. The van der Waals surface area contributed by atoms with Gasteiger partial charge in [-0.05, 0) is 143 Å². The average Bonchev–Trinajstić information content (AvgIpc) is 3.86. The number of primary amides is 2. The van der Waals surface area contributed by atoms with Gasteiger partial charge in [0.1, 0.15) is 37.1 Å². The number of carboxylic acids is 1. The van der Waals surface area contributed by atoms with Crippen LogP contribution in [-0.4, -0.2) is 112 Å². The van der Waals surface area contributed by atoms with Crippen LogP contribution >= 0.6 is 25.9 Å². The topological polar surface area (TPSA) is 303 Å². The molecule has 0 radical (unpaired) electrons. The number of aliphatic carboxylic acids is 1. The van der Waals surface area contributed by atoms with Crippen molar-refractivity contribution in [3.63, 3.8) is 0 Å². The molecule has 0 bridgehead atoms. The number of amides is 3. The van der Waals surface area contributed by atoms with Crippen molar-refractivity contribution in [3.8, 4) is 22.3 Å². The molecule has 2 saturated heterocycles. The van der Waals surface area contributed by atoms with Gasteiger partial charge >= 0.3 is 5.97 Å². The van der Waals surface area contributed by atoms with Crippen molar-refractivity contribution in [2.45, 2.75) is 118 Å². The second kappa shape index (κ2) is 31.3. The number of hydrogen-bond acceptors (Lipinski definition) is 13. The number of carbonyl (C=O) groups is 6. The first-order valence-corrected chi connectivity index (χ1v) is 26.5. The number of hydrogen-bond donors (Lipinski definition) is 6. The summed E-state index contributed by atoms with van der Waals surface area (Å²) in [5.41, 5.74) is 30.6. The fourth-order valence-corrected chi connectivity index (χ4v) is 10.1. The summed E-state index contributed by atoms with van der Waals surface area (Å²) in [6.07, 6.45) is 7.02. The number of nitrogens with zero attached hydrogens (tertiary/aromatic N) is 7. The van der Waals surface area contributed by atoms with E-state index in [4.69, 9.17) is 28.0 Å². The molecule has 4 atom stereocenters. The number of nitrogens with one attached hydrogen (secondary N) is 1. The summed E-state index contributed by atoms with van der Waals surface area (Å²) in [5, 5.41) is 13.3. The maximum atomic E-state index is 14.4. The number of nitrogens with two attached hydrogens (primary N) is 4. The lowest BCUT2D eigenvalue weighted by molar-refractivity contribution is -0.139. The Morgan fingerprint density at radius 1 is 0.612 bits per heavy atom. The highest BCUT2D eigenvalue weighted by atomic mass is 35.5. The molecule has 2 unspecified atom stereocenters. The van der Waals surface area contributed by atoms with Crippen LogP contribution in [0.2, 0.25) is 0 Å². The zero-order chi connectivity index (χ0) is 57.9. The number of likely N-dealkylation sites (tertiary alicyclic amines) is 1. The first-order valence-electron chi connectivity index (χ1n) is 26.5. The van der Waals surface area contributed by atoms with E-state index < -0.39 is 36.2 Å². The SMILES string of the molecule is C.C.Cc1cccc(CC(=O)[C@@H]2CCC(F)CCN2)n1.Cc1cccc(CC(=O)[C@@H]2CCC(F)CCN2C(=O)Cn2cc(C(N)=O)c3cc(-c4ccc(N)nc4)ccc32)n1.Cl.NC(=O)c1cn(CC(=O)O)c2ccc(-c3ccc(N)nc3)cc12.S. The number of Topliss-reactive ketones (excluding diaryl/α,β-unsaturated/α-hetero) is 2. The molecule has 2 fully saturated rings. The van der Waals surface area contributed by atoms with E-state index in [1.807, 2.05) is 80.6 Å². The summed E-state index contributed by atoms with van der Waals surface area (Å²) in [4.78, 5) is 92.5. The maximum absolute atomic E-state index is 14.4.